The fourth-order valence-corrected chi connectivity index (χ4v) is 4.44. The summed E-state index contributed by atoms with van der Waals surface area (Å²) in [4.78, 5) is 0. The van der Waals surface area contributed by atoms with Gasteiger partial charge in [-0.25, -0.2) is 0 Å². The van der Waals surface area contributed by atoms with Gasteiger partial charge in [0.05, 0.1) is 0 Å². The molecule has 2 atom stereocenters. The molecular weight excluding hydrogens is 220 g/mol. The molecule has 0 heterocycles. The second-order valence-electron chi connectivity index (χ2n) is 7.28. The lowest BCUT2D eigenvalue weighted by atomic mass is 9.63. The summed E-state index contributed by atoms with van der Waals surface area (Å²) < 4.78 is 0. The van der Waals surface area contributed by atoms with Crippen LogP contribution >= 0.6 is 0 Å². The zero-order chi connectivity index (χ0) is 13.0. The van der Waals surface area contributed by atoms with Gasteiger partial charge in [0.2, 0.25) is 0 Å². The molecule has 2 aliphatic rings. The Morgan fingerprint density at radius 2 is 1.56 bits per heavy atom. The standard InChI is InChI=1S/C16H32N2/c1-16(2)12-8-7-11-14(16)15(18-17)13-9-5-3-4-6-10-13/h13-15,18H,3-12,17H2,1-2H3. The van der Waals surface area contributed by atoms with Gasteiger partial charge in [-0.2, -0.15) is 0 Å². The molecule has 2 fully saturated rings. The Morgan fingerprint density at radius 3 is 2.11 bits per heavy atom. The Hall–Kier alpha value is -0.0800. The lowest BCUT2D eigenvalue weighted by molar-refractivity contribution is 0.0688. The summed E-state index contributed by atoms with van der Waals surface area (Å²) in [6, 6.07) is 0.554. The summed E-state index contributed by atoms with van der Waals surface area (Å²) in [5.41, 5.74) is 3.70. The zero-order valence-corrected chi connectivity index (χ0v) is 12.4. The number of hydrogen-bond donors (Lipinski definition) is 2. The summed E-state index contributed by atoms with van der Waals surface area (Å²) >= 11 is 0. The van der Waals surface area contributed by atoms with E-state index in [-0.39, 0.29) is 0 Å². The van der Waals surface area contributed by atoms with E-state index in [4.69, 9.17) is 5.84 Å². The minimum absolute atomic E-state index is 0.474. The summed E-state index contributed by atoms with van der Waals surface area (Å²) in [6.07, 6.45) is 14.0. The van der Waals surface area contributed by atoms with E-state index in [2.05, 4.69) is 19.3 Å². The van der Waals surface area contributed by atoms with Gasteiger partial charge in [0, 0.05) is 6.04 Å². The number of nitrogens with one attached hydrogen (secondary N) is 1. The highest BCUT2D eigenvalue weighted by molar-refractivity contribution is 4.93. The highest BCUT2D eigenvalue weighted by atomic mass is 15.2. The molecule has 18 heavy (non-hydrogen) atoms. The van der Waals surface area contributed by atoms with Crippen LogP contribution in [0, 0.1) is 17.3 Å². The number of rotatable bonds is 3. The molecule has 2 heteroatoms. The van der Waals surface area contributed by atoms with Gasteiger partial charge in [-0.1, -0.05) is 52.4 Å². The fourth-order valence-electron chi connectivity index (χ4n) is 4.44. The van der Waals surface area contributed by atoms with Crippen molar-refractivity contribution in [3.05, 3.63) is 0 Å². The van der Waals surface area contributed by atoms with Gasteiger partial charge < -0.3 is 0 Å². The van der Waals surface area contributed by atoms with Crippen LogP contribution in [0.2, 0.25) is 0 Å². The molecule has 2 nitrogen and oxygen atoms in total. The van der Waals surface area contributed by atoms with E-state index in [1.54, 1.807) is 0 Å². The van der Waals surface area contributed by atoms with Crippen LogP contribution < -0.4 is 11.3 Å². The molecule has 0 amide bonds. The molecular formula is C16H32N2. The van der Waals surface area contributed by atoms with Gasteiger partial charge >= 0.3 is 0 Å². The van der Waals surface area contributed by atoms with E-state index in [1.807, 2.05) is 0 Å². The van der Waals surface area contributed by atoms with E-state index in [0.717, 1.165) is 11.8 Å². The Kier molecular flexibility index (Phi) is 5.08. The maximum Gasteiger partial charge on any atom is 0.0272 e. The third kappa shape index (κ3) is 3.27. The second kappa shape index (κ2) is 6.38. The van der Waals surface area contributed by atoms with Gasteiger partial charge in [-0.15, -0.1) is 0 Å². The van der Waals surface area contributed by atoms with Gasteiger partial charge in [-0.05, 0) is 42.9 Å². The maximum absolute atomic E-state index is 5.96. The van der Waals surface area contributed by atoms with Crippen molar-refractivity contribution in [3.8, 4) is 0 Å². The summed E-state index contributed by atoms with van der Waals surface area (Å²) in [6.45, 7) is 4.91. The van der Waals surface area contributed by atoms with Crippen LogP contribution in [0.15, 0.2) is 0 Å². The van der Waals surface area contributed by atoms with Crippen LogP contribution in [0.1, 0.15) is 78.1 Å². The molecule has 2 saturated carbocycles. The highest BCUT2D eigenvalue weighted by Crippen LogP contribution is 2.45. The molecule has 2 unspecified atom stereocenters. The van der Waals surface area contributed by atoms with Crippen molar-refractivity contribution in [1.82, 2.24) is 5.43 Å². The predicted octanol–water partition coefficient (Wildman–Crippen LogP) is 4.01. The number of hydrogen-bond acceptors (Lipinski definition) is 2. The SMILES string of the molecule is CC1(C)CCCCC1C(NN)C1CCCCCC1. The topological polar surface area (TPSA) is 38.0 Å². The Bertz CT molecular complexity index is 241. The van der Waals surface area contributed by atoms with Gasteiger partial charge in [0.1, 0.15) is 0 Å². The van der Waals surface area contributed by atoms with Crippen LogP contribution in [-0.2, 0) is 0 Å². The Morgan fingerprint density at radius 1 is 0.944 bits per heavy atom. The van der Waals surface area contributed by atoms with E-state index < -0.39 is 0 Å². The van der Waals surface area contributed by atoms with Crippen molar-refractivity contribution >= 4 is 0 Å². The third-order valence-electron chi connectivity index (χ3n) is 5.62. The maximum atomic E-state index is 5.96. The van der Waals surface area contributed by atoms with E-state index in [1.165, 1.54) is 64.2 Å². The first-order chi connectivity index (χ1) is 8.65. The predicted molar refractivity (Wildman–Crippen MR) is 78.0 cm³/mol. The molecule has 0 aliphatic heterocycles. The first kappa shape index (κ1) is 14.3. The minimum atomic E-state index is 0.474. The van der Waals surface area contributed by atoms with E-state index >= 15 is 0 Å². The normalized spacial score (nSPS) is 31.8. The molecule has 2 aliphatic carbocycles. The number of hydrazine groups is 1. The monoisotopic (exact) mass is 252 g/mol. The smallest absolute Gasteiger partial charge is 0.0272 e. The number of nitrogens with two attached hydrogens (primary N) is 1. The lowest BCUT2D eigenvalue weighted by Gasteiger charge is -2.45. The third-order valence-corrected chi connectivity index (χ3v) is 5.62. The van der Waals surface area contributed by atoms with Crippen molar-refractivity contribution < 1.29 is 0 Å². The van der Waals surface area contributed by atoms with Crippen molar-refractivity contribution in [2.24, 2.45) is 23.1 Å². The first-order valence-corrected chi connectivity index (χ1v) is 8.11. The summed E-state index contributed by atoms with van der Waals surface area (Å²) in [5.74, 6) is 7.55. The quantitative estimate of drug-likeness (QED) is 0.452. The van der Waals surface area contributed by atoms with Crippen molar-refractivity contribution in [1.29, 1.82) is 0 Å². The highest BCUT2D eigenvalue weighted by Gasteiger charge is 2.40. The van der Waals surface area contributed by atoms with Gasteiger partial charge in [0.25, 0.3) is 0 Å². The Balaban J connectivity index is 2.05. The molecule has 106 valence electrons. The van der Waals surface area contributed by atoms with Crippen LogP contribution in [0.5, 0.6) is 0 Å². The average molecular weight is 252 g/mol. The molecule has 3 N–H and O–H groups in total. The van der Waals surface area contributed by atoms with Crippen molar-refractivity contribution in [3.63, 3.8) is 0 Å². The molecule has 0 spiro atoms. The molecule has 0 aromatic carbocycles. The Labute approximate surface area is 113 Å². The largest absolute Gasteiger partial charge is 0.271 e. The summed E-state index contributed by atoms with van der Waals surface area (Å²) in [7, 11) is 0. The summed E-state index contributed by atoms with van der Waals surface area (Å²) in [5, 5.41) is 0. The van der Waals surface area contributed by atoms with Crippen LogP contribution in [0.4, 0.5) is 0 Å². The average Bonchev–Trinajstić information content (AvgIpc) is 2.61. The van der Waals surface area contributed by atoms with E-state index in [9.17, 15) is 0 Å². The first-order valence-electron chi connectivity index (χ1n) is 8.11. The molecule has 0 bridgehead atoms. The van der Waals surface area contributed by atoms with Gasteiger partial charge in [-0.3, -0.25) is 11.3 Å². The van der Waals surface area contributed by atoms with E-state index in [0.29, 0.717) is 11.5 Å². The molecule has 0 radical (unpaired) electrons. The molecule has 0 aromatic rings. The van der Waals surface area contributed by atoms with Gasteiger partial charge in [0.15, 0.2) is 0 Å². The zero-order valence-electron chi connectivity index (χ0n) is 12.4. The minimum Gasteiger partial charge on any atom is -0.271 e. The second-order valence-corrected chi connectivity index (χ2v) is 7.28. The van der Waals surface area contributed by atoms with Crippen molar-refractivity contribution in [2.45, 2.75) is 84.1 Å². The van der Waals surface area contributed by atoms with Crippen LogP contribution in [-0.4, -0.2) is 6.04 Å². The van der Waals surface area contributed by atoms with Crippen molar-refractivity contribution in [2.75, 3.05) is 0 Å². The lowest BCUT2D eigenvalue weighted by Crippen LogP contribution is -2.51. The molecule has 0 saturated heterocycles. The fraction of sp³-hybridized carbons (Fsp3) is 1.00. The molecule has 0 aromatic heterocycles. The van der Waals surface area contributed by atoms with Crippen LogP contribution in [0.3, 0.4) is 0 Å². The molecule has 2 rings (SSSR count). The van der Waals surface area contributed by atoms with Crippen LogP contribution in [0.25, 0.3) is 0 Å².